The highest BCUT2D eigenvalue weighted by Crippen LogP contribution is 2.24. The molecule has 0 amide bonds. The molecule has 1 saturated heterocycles. The van der Waals surface area contributed by atoms with Crippen molar-refractivity contribution < 1.29 is 4.74 Å². The van der Waals surface area contributed by atoms with Gasteiger partial charge in [-0.15, -0.1) is 10.2 Å². The summed E-state index contributed by atoms with van der Waals surface area (Å²) < 4.78 is 8.11. The Morgan fingerprint density at radius 1 is 1.35 bits per heavy atom. The van der Waals surface area contributed by atoms with Gasteiger partial charge in [0.05, 0.1) is 24.9 Å². The predicted molar refractivity (Wildman–Crippen MR) is 104 cm³/mol. The SMILES string of the molecule is CC(C)CN(C)Cc1nnc(SCc2ccccn2)n1CC1CCCO1. The first-order valence-electron chi connectivity index (χ1n) is 9.36. The highest BCUT2D eigenvalue weighted by molar-refractivity contribution is 7.98. The monoisotopic (exact) mass is 375 g/mol. The number of aromatic nitrogens is 4. The molecule has 1 fully saturated rings. The maximum absolute atomic E-state index is 5.86. The van der Waals surface area contributed by atoms with Gasteiger partial charge in [-0.2, -0.15) is 0 Å². The highest BCUT2D eigenvalue weighted by atomic mass is 32.2. The van der Waals surface area contributed by atoms with Gasteiger partial charge in [0, 0.05) is 25.1 Å². The molecule has 1 aliphatic heterocycles. The summed E-state index contributed by atoms with van der Waals surface area (Å²) in [5.41, 5.74) is 1.06. The molecule has 7 heteroatoms. The van der Waals surface area contributed by atoms with Crippen LogP contribution in [-0.2, 0) is 23.6 Å². The van der Waals surface area contributed by atoms with Gasteiger partial charge in [-0.1, -0.05) is 31.7 Å². The highest BCUT2D eigenvalue weighted by Gasteiger charge is 2.21. The number of rotatable bonds is 9. The van der Waals surface area contributed by atoms with Gasteiger partial charge in [-0.05, 0) is 37.9 Å². The Kier molecular flexibility index (Phi) is 7.05. The van der Waals surface area contributed by atoms with E-state index in [4.69, 9.17) is 4.74 Å². The zero-order valence-corrected chi connectivity index (χ0v) is 16.8. The molecule has 6 nitrogen and oxygen atoms in total. The Labute approximate surface area is 160 Å². The molecule has 2 aromatic heterocycles. The summed E-state index contributed by atoms with van der Waals surface area (Å²) in [4.78, 5) is 6.72. The van der Waals surface area contributed by atoms with E-state index in [1.807, 2.05) is 24.4 Å². The molecule has 3 heterocycles. The Bertz CT molecular complexity index is 670. The Hall–Kier alpha value is -1.44. The fraction of sp³-hybridized carbons (Fsp3) is 0.632. The summed E-state index contributed by atoms with van der Waals surface area (Å²) >= 11 is 1.70. The van der Waals surface area contributed by atoms with Crippen molar-refractivity contribution in [3.8, 4) is 0 Å². The first-order valence-corrected chi connectivity index (χ1v) is 10.4. The lowest BCUT2D eigenvalue weighted by molar-refractivity contribution is 0.0934. The van der Waals surface area contributed by atoms with Gasteiger partial charge in [0.1, 0.15) is 5.82 Å². The fourth-order valence-electron chi connectivity index (χ4n) is 3.27. The summed E-state index contributed by atoms with van der Waals surface area (Å²) in [5.74, 6) is 2.45. The fourth-order valence-corrected chi connectivity index (χ4v) is 4.15. The van der Waals surface area contributed by atoms with Crippen molar-refractivity contribution in [1.82, 2.24) is 24.6 Å². The predicted octanol–water partition coefficient (Wildman–Crippen LogP) is 3.23. The van der Waals surface area contributed by atoms with Gasteiger partial charge in [-0.25, -0.2) is 0 Å². The summed E-state index contributed by atoms with van der Waals surface area (Å²) in [7, 11) is 2.14. The number of ether oxygens (including phenoxy) is 1. The van der Waals surface area contributed by atoms with E-state index in [0.717, 1.165) is 61.5 Å². The van der Waals surface area contributed by atoms with Gasteiger partial charge in [0.2, 0.25) is 0 Å². The van der Waals surface area contributed by atoms with E-state index < -0.39 is 0 Å². The van der Waals surface area contributed by atoms with Crippen LogP contribution in [0.25, 0.3) is 0 Å². The van der Waals surface area contributed by atoms with Crippen LogP contribution in [0.15, 0.2) is 29.6 Å². The van der Waals surface area contributed by atoms with Crippen LogP contribution >= 0.6 is 11.8 Å². The molecule has 0 aliphatic carbocycles. The molecule has 3 rings (SSSR count). The Morgan fingerprint density at radius 2 is 2.23 bits per heavy atom. The summed E-state index contributed by atoms with van der Waals surface area (Å²) in [6, 6.07) is 6.01. The molecule has 142 valence electrons. The zero-order valence-electron chi connectivity index (χ0n) is 16.0. The average Bonchev–Trinajstić information content (AvgIpc) is 3.25. The molecular weight excluding hydrogens is 346 g/mol. The topological polar surface area (TPSA) is 56.1 Å². The van der Waals surface area contributed by atoms with Crippen LogP contribution in [0.4, 0.5) is 0 Å². The van der Waals surface area contributed by atoms with E-state index >= 15 is 0 Å². The van der Waals surface area contributed by atoms with Crippen LogP contribution < -0.4 is 0 Å². The van der Waals surface area contributed by atoms with Crippen molar-refractivity contribution in [2.75, 3.05) is 20.2 Å². The minimum absolute atomic E-state index is 0.273. The first-order chi connectivity index (χ1) is 12.6. The quantitative estimate of drug-likeness (QED) is 0.627. The van der Waals surface area contributed by atoms with E-state index in [-0.39, 0.29) is 6.10 Å². The smallest absolute Gasteiger partial charge is 0.191 e. The molecule has 1 unspecified atom stereocenters. The van der Waals surface area contributed by atoms with Crippen molar-refractivity contribution >= 4 is 11.8 Å². The molecular formula is C19H29N5OS. The third kappa shape index (κ3) is 5.53. The van der Waals surface area contributed by atoms with Gasteiger partial charge in [0.25, 0.3) is 0 Å². The number of pyridine rings is 1. The van der Waals surface area contributed by atoms with Crippen molar-refractivity contribution in [2.24, 2.45) is 5.92 Å². The van der Waals surface area contributed by atoms with E-state index in [0.29, 0.717) is 5.92 Å². The molecule has 1 atom stereocenters. The van der Waals surface area contributed by atoms with Crippen LogP contribution in [0.2, 0.25) is 0 Å². The van der Waals surface area contributed by atoms with E-state index in [2.05, 4.69) is 45.5 Å². The molecule has 0 N–H and O–H groups in total. The number of hydrogen-bond acceptors (Lipinski definition) is 6. The first kappa shape index (κ1) is 19.3. The average molecular weight is 376 g/mol. The van der Waals surface area contributed by atoms with Gasteiger partial charge in [0.15, 0.2) is 5.16 Å². The number of hydrogen-bond donors (Lipinski definition) is 0. The summed E-state index contributed by atoms with van der Waals surface area (Å²) in [6.07, 6.45) is 4.36. The van der Waals surface area contributed by atoms with Gasteiger partial charge in [-0.3, -0.25) is 9.88 Å². The number of thioether (sulfide) groups is 1. The van der Waals surface area contributed by atoms with Crippen molar-refractivity contribution in [1.29, 1.82) is 0 Å². The lowest BCUT2D eigenvalue weighted by atomic mass is 10.2. The lowest BCUT2D eigenvalue weighted by Gasteiger charge is -2.20. The van der Waals surface area contributed by atoms with Gasteiger partial charge >= 0.3 is 0 Å². The lowest BCUT2D eigenvalue weighted by Crippen LogP contribution is -2.26. The molecule has 0 aromatic carbocycles. The van der Waals surface area contributed by atoms with Crippen LogP contribution in [0.5, 0.6) is 0 Å². The molecule has 0 spiro atoms. The van der Waals surface area contributed by atoms with Crippen molar-refractivity contribution in [3.63, 3.8) is 0 Å². The van der Waals surface area contributed by atoms with Crippen molar-refractivity contribution in [3.05, 3.63) is 35.9 Å². The van der Waals surface area contributed by atoms with Gasteiger partial charge < -0.3 is 9.30 Å². The van der Waals surface area contributed by atoms with Crippen LogP contribution in [0.3, 0.4) is 0 Å². The van der Waals surface area contributed by atoms with E-state index in [1.54, 1.807) is 11.8 Å². The summed E-state index contributed by atoms with van der Waals surface area (Å²) in [5, 5.41) is 9.92. The molecule has 0 saturated carbocycles. The second kappa shape index (κ2) is 9.48. The number of nitrogens with zero attached hydrogens (tertiary/aromatic N) is 5. The molecule has 2 aromatic rings. The summed E-state index contributed by atoms with van der Waals surface area (Å²) in [6.45, 7) is 8.03. The largest absolute Gasteiger partial charge is 0.376 e. The second-order valence-corrected chi connectivity index (χ2v) is 8.29. The van der Waals surface area contributed by atoms with Crippen LogP contribution in [0, 0.1) is 5.92 Å². The Morgan fingerprint density at radius 3 is 2.92 bits per heavy atom. The second-order valence-electron chi connectivity index (χ2n) is 7.34. The Balaban J connectivity index is 1.72. The third-order valence-electron chi connectivity index (χ3n) is 4.37. The van der Waals surface area contributed by atoms with Crippen LogP contribution in [0.1, 0.15) is 38.2 Å². The normalized spacial score (nSPS) is 17.5. The molecule has 26 heavy (non-hydrogen) atoms. The maximum atomic E-state index is 5.86. The molecule has 0 radical (unpaired) electrons. The standard InChI is InChI=1S/C19H29N5OS/c1-15(2)11-23(3)13-18-21-22-19(24(18)12-17-8-6-10-25-17)26-14-16-7-4-5-9-20-16/h4-5,7,9,15,17H,6,8,10-14H2,1-3H3. The molecule has 0 bridgehead atoms. The third-order valence-corrected chi connectivity index (χ3v) is 5.37. The van der Waals surface area contributed by atoms with Crippen molar-refractivity contribution in [2.45, 2.75) is 56.8 Å². The van der Waals surface area contributed by atoms with Crippen LogP contribution in [-0.4, -0.2) is 51.0 Å². The molecule has 1 aliphatic rings. The zero-order chi connectivity index (χ0) is 18.4. The maximum Gasteiger partial charge on any atom is 0.191 e. The van der Waals surface area contributed by atoms with E-state index in [1.165, 1.54) is 0 Å². The minimum atomic E-state index is 0.273. The minimum Gasteiger partial charge on any atom is -0.376 e. The van der Waals surface area contributed by atoms with E-state index in [9.17, 15) is 0 Å².